The number of nitrogens with zero attached hydrogens (tertiary/aromatic N) is 5. The van der Waals surface area contributed by atoms with Crippen molar-refractivity contribution in [2.24, 2.45) is 0 Å². The fourth-order valence-electron chi connectivity index (χ4n) is 3.98. The topological polar surface area (TPSA) is 88.0 Å². The first-order chi connectivity index (χ1) is 15.6. The van der Waals surface area contributed by atoms with Crippen molar-refractivity contribution in [2.75, 3.05) is 7.11 Å². The number of aromatic nitrogens is 5. The van der Waals surface area contributed by atoms with E-state index in [1.54, 1.807) is 7.11 Å². The summed E-state index contributed by atoms with van der Waals surface area (Å²) in [6.07, 6.45) is 2.21. The fraction of sp³-hybridized carbons (Fsp3) is 0.250. The molecule has 0 saturated carbocycles. The van der Waals surface area contributed by atoms with Gasteiger partial charge in [-0.05, 0) is 36.2 Å². The molecule has 2 aromatic carbocycles. The van der Waals surface area contributed by atoms with Crippen LogP contribution in [0.2, 0.25) is 0 Å². The Kier molecular flexibility index (Phi) is 4.97. The first kappa shape index (κ1) is 20.0. The molecule has 0 N–H and O–H groups in total. The molecule has 0 bridgehead atoms. The van der Waals surface area contributed by atoms with Crippen LogP contribution in [0.15, 0.2) is 58.1 Å². The van der Waals surface area contributed by atoms with Gasteiger partial charge < -0.3 is 13.8 Å². The average molecular weight is 429 g/mol. The van der Waals surface area contributed by atoms with Gasteiger partial charge in [0.1, 0.15) is 23.3 Å². The molecule has 0 spiro atoms. The molecule has 0 aliphatic rings. The Morgan fingerprint density at radius 3 is 2.72 bits per heavy atom. The molecule has 0 radical (unpaired) electrons. The van der Waals surface area contributed by atoms with Crippen molar-refractivity contribution in [2.45, 2.75) is 33.4 Å². The summed E-state index contributed by atoms with van der Waals surface area (Å²) < 4.78 is 14.2. The average Bonchev–Trinajstić information content (AvgIpc) is 3.39. The number of rotatable bonds is 6. The molecule has 5 aromatic rings. The maximum absolute atomic E-state index is 13.6. The minimum Gasteiger partial charge on any atom is -0.497 e. The first-order valence-corrected chi connectivity index (χ1v) is 10.5. The molecule has 3 aromatic heterocycles. The number of benzene rings is 2. The fourth-order valence-corrected chi connectivity index (χ4v) is 3.98. The lowest BCUT2D eigenvalue weighted by atomic mass is 10.1. The smallest absolute Gasteiger partial charge is 0.278 e. The van der Waals surface area contributed by atoms with E-state index in [0.29, 0.717) is 35.7 Å². The molecule has 0 aliphatic carbocycles. The predicted octanol–water partition coefficient (Wildman–Crippen LogP) is 3.71. The second-order valence-electron chi connectivity index (χ2n) is 7.73. The number of fused-ring (bicyclic) bond motifs is 3. The van der Waals surface area contributed by atoms with E-state index in [2.05, 4.69) is 34.2 Å². The Bertz CT molecular complexity index is 1500. The quantitative estimate of drug-likeness (QED) is 0.409. The van der Waals surface area contributed by atoms with Crippen molar-refractivity contribution in [3.05, 3.63) is 82.0 Å². The molecular weight excluding hydrogens is 406 g/mol. The van der Waals surface area contributed by atoms with E-state index in [-0.39, 0.29) is 12.1 Å². The minimum atomic E-state index is -0.157. The van der Waals surface area contributed by atoms with Gasteiger partial charge in [0, 0.05) is 18.4 Å². The summed E-state index contributed by atoms with van der Waals surface area (Å²) in [5.41, 5.74) is 4.26. The molecule has 162 valence electrons. The van der Waals surface area contributed by atoms with Crippen LogP contribution in [0.5, 0.6) is 5.75 Å². The number of hydrogen-bond acceptors (Lipinski definition) is 6. The SMILES string of the molecule is CCc1noc(Cn2cnc3c4cc(OC)ccc4n(Cc4ccccc4C)c3c2=O)n1. The summed E-state index contributed by atoms with van der Waals surface area (Å²) >= 11 is 0. The van der Waals surface area contributed by atoms with Crippen LogP contribution >= 0.6 is 0 Å². The zero-order valence-electron chi connectivity index (χ0n) is 18.2. The summed E-state index contributed by atoms with van der Waals surface area (Å²) in [6.45, 7) is 4.75. The van der Waals surface area contributed by atoms with Crippen LogP contribution in [0.25, 0.3) is 21.9 Å². The highest BCUT2D eigenvalue weighted by Crippen LogP contribution is 2.30. The third-order valence-corrected chi connectivity index (χ3v) is 5.76. The van der Waals surface area contributed by atoms with E-state index in [1.165, 1.54) is 10.9 Å². The standard InChI is InChI=1S/C24H23N5O3/c1-4-20-26-21(32-27-20)13-28-14-25-22-18-11-17(31-3)9-10-19(18)29(23(22)24(28)30)12-16-8-6-5-7-15(16)2/h5-11,14H,4,12-13H2,1-3H3. The van der Waals surface area contributed by atoms with Gasteiger partial charge >= 0.3 is 0 Å². The zero-order valence-corrected chi connectivity index (χ0v) is 18.2. The van der Waals surface area contributed by atoms with E-state index in [0.717, 1.165) is 27.8 Å². The van der Waals surface area contributed by atoms with Gasteiger partial charge in [-0.2, -0.15) is 4.98 Å². The number of hydrogen-bond donors (Lipinski definition) is 0. The lowest BCUT2D eigenvalue weighted by molar-refractivity contribution is 0.365. The summed E-state index contributed by atoms with van der Waals surface area (Å²) in [4.78, 5) is 22.6. The van der Waals surface area contributed by atoms with Crippen molar-refractivity contribution in [3.8, 4) is 5.75 Å². The maximum atomic E-state index is 13.6. The monoisotopic (exact) mass is 429 g/mol. The molecule has 0 saturated heterocycles. The molecule has 0 amide bonds. The van der Waals surface area contributed by atoms with Crippen LogP contribution in [0.1, 0.15) is 29.8 Å². The van der Waals surface area contributed by atoms with Crippen LogP contribution in [0, 0.1) is 6.92 Å². The van der Waals surface area contributed by atoms with E-state index in [1.807, 2.05) is 41.8 Å². The Morgan fingerprint density at radius 1 is 1.12 bits per heavy atom. The molecule has 0 fully saturated rings. The third-order valence-electron chi connectivity index (χ3n) is 5.76. The summed E-state index contributed by atoms with van der Waals surface area (Å²) in [5, 5.41) is 4.80. The third kappa shape index (κ3) is 3.33. The van der Waals surface area contributed by atoms with Crippen LogP contribution in [-0.4, -0.2) is 31.4 Å². The first-order valence-electron chi connectivity index (χ1n) is 10.5. The second-order valence-corrected chi connectivity index (χ2v) is 7.73. The predicted molar refractivity (Wildman–Crippen MR) is 121 cm³/mol. The Morgan fingerprint density at radius 2 is 1.97 bits per heavy atom. The van der Waals surface area contributed by atoms with Gasteiger partial charge in [-0.15, -0.1) is 0 Å². The lowest BCUT2D eigenvalue weighted by Crippen LogP contribution is -2.23. The van der Waals surface area contributed by atoms with Gasteiger partial charge in [0.25, 0.3) is 5.56 Å². The zero-order chi connectivity index (χ0) is 22.2. The van der Waals surface area contributed by atoms with Crippen molar-refractivity contribution in [1.82, 2.24) is 24.3 Å². The van der Waals surface area contributed by atoms with Crippen molar-refractivity contribution < 1.29 is 9.26 Å². The Balaban J connectivity index is 1.72. The highest BCUT2D eigenvalue weighted by molar-refractivity contribution is 6.06. The van der Waals surface area contributed by atoms with Crippen molar-refractivity contribution in [1.29, 1.82) is 0 Å². The van der Waals surface area contributed by atoms with Crippen molar-refractivity contribution in [3.63, 3.8) is 0 Å². The van der Waals surface area contributed by atoms with E-state index >= 15 is 0 Å². The number of methoxy groups -OCH3 is 1. The molecule has 0 aliphatic heterocycles. The molecule has 32 heavy (non-hydrogen) atoms. The highest BCUT2D eigenvalue weighted by Gasteiger charge is 2.19. The molecule has 0 atom stereocenters. The molecule has 5 rings (SSSR count). The van der Waals surface area contributed by atoms with Crippen LogP contribution in [-0.2, 0) is 19.5 Å². The largest absolute Gasteiger partial charge is 0.497 e. The summed E-state index contributed by atoms with van der Waals surface area (Å²) in [5.74, 6) is 1.72. The lowest BCUT2D eigenvalue weighted by Gasteiger charge is -2.10. The van der Waals surface area contributed by atoms with Gasteiger partial charge in [-0.25, -0.2) is 4.98 Å². The van der Waals surface area contributed by atoms with Gasteiger partial charge in [0.2, 0.25) is 5.89 Å². The van der Waals surface area contributed by atoms with E-state index in [4.69, 9.17) is 9.26 Å². The Hall–Kier alpha value is -3.94. The van der Waals surface area contributed by atoms with E-state index in [9.17, 15) is 4.79 Å². The van der Waals surface area contributed by atoms with Gasteiger partial charge in [0.05, 0.1) is 19.0 Å². The van der Waals surface area contributed by atoms with Crippen molar-refractivity contribution >= 4 is 21.9 Å². The number of aryl methyl sites for hydroxylation is 2. The van der Waals surface area contributed by atoms with E-state index < -0.39 is 0 Å². The molecule has 0 unspecified atom stereocenters. The minimum absolute atomic E-state index is 0.157. The number of ether oxygens (including phenoxy) is 1. The Labute approximate surface area is 184 Å². The summed E-state index contributed by atoms with van der Waals surface area (Å²) in [7, 11) is 1.63. The highest BCUT2D eigenvalue weighted by atomic mass is 16.5. The van der Waals surface area contributed by atoms with Gasteiger partial charge in [0.15, 0.2) is 5.82 Å². The molecule has 8 nitrogen and oxygen atoms in total. The van der Waals surface area contributed by atoms with Crippen LogP contribution < -0.4 is 10.3 Å². The van der Waals surface area contributed by atoms with Gasteiger partial charge in [-0.1, -0.05) is 36.3 Å². The molecular formula is C24H23N5O3. The van der Waals surface area contributed by atoms with Crippen LogP contribution in [0.4, 0.5) is 0 Å². The normalized spacial score (nSPS) is 11.5. The second kappa shape index (κ2) is 7.96. The molecule has 8 heteroatoms. The maximum Gasteiger partial charge on any atom is 0.278 e. The van der Waals surface area contributed by atoms with Gasteiger partial charge in [-0.3, -0.25) is 9.36 Å². The molecule has 3 heterocycles. The van der Waals surface area contributed by atoms with Crippen LogP contribution in [0.3, 0.4) is 0 Å². The summed E-state index contributed by atoms with van der Waals surface area (Å²) in [6, 6.07) is 14.0.